The van der Waals surface area contributed by atoms with E-state index in [1.54, 1.807) is 13.3 Å². The van der Waals surface area contributed by atoms with Gasteiger partial charge in [-0.05, 0) is 34.1 Å². The number of aromatic amines is 1. The van der Waals surface area contributed by atoms with E-state index in [2.05, 4.69) is 25.9 Å². The molecule has 2 radical (unpaired) electrons. The number of rotatable bonds is 1. The number of nitrogens with one attached hydrogen (secondary N) is 1. The van der Waals surface area contributed by atoms with Crippen LogP contribution in [0.25, 0.3) is 21.9 Å². The number of hydrogen-bond acceptors (Lipinski definition) is 2. The molecule has 0 bridgehead atoms. The summed E-state index contributed by atoms with van der Waals surface area (Å²) in [6.07, 6.45) is 1.76. The van der Waals surface area contributed by atoms with E-state index in [1.165, 1.54) is 0 Å². The zero-order valence-electron chi connectivity index (χ0n) is 9.12. The molecule has 2 aromatic heterocycles. The van der Waals surface area contributed by atoms with Crippen molar-refractivity contribution in [3.8, 4) is 5.75 Å². The lowest BCUT2D eigenvalue weighted by molar-refractivity contribution is 0.419. The summed E-state index contributed by atoms with van der Waals surface area (Å²) in [6, 6.07) is 5.82. The van der Waals surface area contributed by atoms with Crippen molar-refractivity contribution in [3.05, 3.63) is 28.9 Å². The molecule has 17 heavy (non-hydrogen) atoms. The van der Waals surface area contributed by atoms with E-state index in [9.17, 15) is 0 Å². The van der Waals surface area contributed by atoms with Crippen molar-refractivity contribution < 1.29 is 4.74 Å². The second kappa shape index (κ2) is 3.77. The van der Waals surface area contributed by atoms with Crippen molar-refractivity contribution in [2.45, 2.75) is 0 Å². The van der Waals surface area contributed by atoms with E-state index in [1.807, 2.05) is 18.2 Å². The monoisotopic (exact) mass is 286 g/mol. The Morgan fingerprint density at radius 2 is 2.12 bits per heavy atom. The van der Waals surface area contributed by atoms with Gasteiger partial charge in [-0.2, -0.15) is 0 Å². The average Bonchev–Trinajstić information content (AvgIpc) is 2.65. The minimum absolute atomic E-state index is 0.616. The molecule has 0 aliphatic rings. The van der Waals surface area contributed by atoms with Crippen LogP contribution in [0.15, 0.2) is 28.9 Å². The summed E-state index contributed by atoms with van der Waals surface area (Å²) in [5.41, 5.74) is 2.42. The Labute approximate surface area is 108 Å². The van der Waals surface area contributed by atoms with Crippen LogP contribution in [0.3, 0.4) is 0 Å². The van der Waals surface area contributed by atoms with E-state index in [0.717, 1.165) is 26.4 Å². The minimum Gasteiger partial charge on any atom is -0.497 e. The lowest BCUT2D eigenvalue weighted by atomic mass is 9.93. The number of aromatic nitrogens is 2. The van der Waals surface area contributed by atoms with Crippen molar-refractivity contribution in [1.29, 1.82) is 0 Å². The Morgan fingerprint density at radius 3 is 2.88 bits per heavy atom. The first kappa shape index (κ1) is 10.7. The van der Waals surface area contributed by atoms with Gasteiger partial charge in [0.25, 0.3) is 0 Å². The van der Waals surface area contributed by atoms with E-state index < -0.39 is 0 Å². The van der Waals surface area contributed by atoms with Crippen LogP contribution in [0.2, 0.25) is 0 Å². The standard InChI is InChI=1S/C12H8BBrN2O/c1-17-11-3-7-8-2-6(14)5-15-12(8)16-10(7)4-9(11)13/h2-5H,1H3,(H,15,16). The van der Waals surface area contributed by atoms with Crippen LogP contribution in [-0.2, 0) is 0 Å². The maximum Gasteiger partial charge on any atom is 0.138 e. The summed E-state index contributed by atoms with van der Waals surface area (Å²) in [4.78, 5) is 7.55. The van der Waals surface area contributed by atoms with Crippen molar-refractivity contribution in [2.24, 2.45) is 0 Å². The highest BCUT2D eigenvalue weighted by Crippen LogP contribution is 2.28. The molecule has 0 fully saturated rings. The quantitative estimate of drug-likeness (QED) is 0.697. The number of pyridine rings is 1. The van der Waals surface area contributed by atoms with E-state index in [-0.39, 0.29) is 0 Å². The lowest BCUT2D eigenvalue weighted by Crippen LogP contribution is -2.06. The highest BCUT2D eigenvalue weighted by Gasteiger charge is 2.08. The molecule has 0 aliphatic heterocycles. The van der Waals surface area contributed by atoms with Crippen molar-refractivity contribution in [2.75, 3.05) is 7.11 Å². The molecule has 3 aromatic rings. The van der Waals surface area contributed by atoms with Gasteiger partial charge in [0, 0.05) is 27.0 Å². The topological polar surface area (TPSA) is 37.9 Å². The second-order valence-corrected chi connectivity index (χ2v) is 4.73. The van der Waals surface area contributed by atoms with Crippen molar-refractivity contribution >= 4 is 51.2 Å². The molecule has 5 heteroatoms. The van der Waals surface area contributed by atoms with Gasteiger partial charge in [0.15, 0.2) is 0 Å². The number of hydrogen-bond donors (Lipinski definition) is 1. The fourth-order valence-electron chi connectivity index (χ4n) is 1.97. The van der Waals surface area contributed by atoms with Crippen molar-refractivity contribution in [3.63, 3.8) is 0 Å². The molecule has 0 saturated carbocycles. The first-order valence-corrected chi connectivity index (χ1v) is 5.89. The molecule has 1 aromatic carbocycles. The van der Waals surface area contributed by atoms with Gasteiger partial charge < -0.3 is 9.72 Å². The van der Waals surface area contributed by atoms with Gasteiger partial charge in [0.1, 0.15) is 19.2 Å². The van der Waals surface area contributed by atoms with Gasteiger partial charge in [0.2, 0.25) is 0 Å². The molecule has 0 spiro atoms. The molecule has 3 rings (SSSR count). The average molecular weight is 287 g/mol. The summed E-state index contributed by atoms with van der Waals surface area (Å²) in [6.45, 7) is 0. The normalized spacial score (nSPS) is 11.2. The zero-order valence-corrected chi connectivity index (χ0v) is 10.7. The molecule has 0 amide bonds. The highest BCUT2D eigenvalue weighted by molar-refractivity contribution is 9.10. The first-order chi connectivity index (χ1) is 8.19. The van der Waals surface area contributed by atoms with Crippen LogP contribution < -0.4 is 10.2 Å². The van der Waals surface area contributed by atoms with Crippen LogP contribution in [0.1, 0.15) is 0 Å². The number of benzene rings is 1. The number of ether oxygens (including phenoxy) is 1. The third kappa shape index (κ3) is 1.62. The lowest BCUT2D eigenvalue weighted by Gasteiger charge is -2.04. The predicted octanol–water partition coefficient (Wildman–Crippen LogP) is 2.28. The fraction of sp³-hybridized carbons (Fsp3) is 0.0833. The van der Waals surface area contributed by atoms with Crippen LogP contribution in [0.4, 0.5) is 0 Å². The van der Waals surface area contributed by atoms with Crippen molar-refractivity contribution in [1.82, 2.24) is 9.97 Å². The fourth-order valence-corrected chi connectivity index (χ4v) is 2.30. The molecule has 0 atom stereocenters. The Bertz CT molecular complexity index is 723. The molecular formula is C12H8BBrN2O. The Morgan fingerprint density at radius 1 is 1.29 bits per heavy atom. The van der Waals surface area contributed by atoms with Gasteiger partial charge in [-0.1, -0.05) is 5.46 Å². The van der Waals surface area contributed by atoms with E-state index >= 15 is 0 Å². The molecule has 0 saturated heterocycles. The molecule has 0 unspecified atom stereocenters. The molecule has 1 N–H and O–H groups in total. The minimum atomic E-state index is 0.616. The Balaban J connectivity index is 2.46. The second-order valence-electron chi connectivity index (χ2n) is 3.81. The maximum absolute atomic E-state index is 5.87. The smallest absolute Gasteiger partial charge is 0.138 e. The first-order valence-electron chi connectivity index (χ1n) is 5.09. The van der Waals surface area contributed by atoms with Crippen LogP contribution in [-0.4, -0.2) is 24.9 Å². The molecule has 2 heterocycles. The van der Waals surface area contributed by atoms with Gasteiger partial charge >= 0.3 is 0 Å². The highest BCUT2D eigenvalue weighted by atomic mass is 79.9. The predicted molar refractivity (Wildman–Crippen MR) is 73.2 cm³/mol. The van der Waals surface area contributed by atoms with Gasteiger partial charge in [-0.15, -0.1) is 0 Å². The Hall–Kier alpha value is -1.49. The van der Waals surface area contributed by atoms with Crippen LogP contribution in [0, 0.1) is 0 Å². The van der Waals surface area contributed by atoms with Crippen LogP contribution >= 0.6 is 15.9 Å². The maximum atomic E-state index is 5.87. The number of fused-ring (bicyclic) bond motifs is 3. The third-order valence-corrected chi connectivity index (χ3v) is 3.20. The summed E-state index contributed by atoms with van der Waals surface area (Å²) < 4.78 is 6.18. The van der Waals surface area contributed by atoms with Crippen LogP contribution in [0.5, 0.6) is 5.75 Å². The molecule has 3 nitrogen and oxygen atoms in total. The number of methoxy groups -OCH3 is 1. The van der Waals surface area contributed by atoms with Gasteiger partial charge in [0.05, 0.1) is 7.11 Å². The summed E-state index contributed by atoms with van der Waals surface area (Å²) >= 11 is 3.42. The summed E-state index contributed by atoms with van der Waals surface area (Å²) in [5.74, 6) is 0.679. The SMILES string of the molecule is [B]c1cc2[nH]c3ncc(Br)cc3c2cc1OC. The number of halogens is 1. The molecule has 82 valence electrons. The van der Waals surface area contributed by atoms with Gasteiger partial charge in [-0.25, -0.2) is 4.98 Å². The summed E-state index contributed by atoms with van der Waals surface area (Å²) in [7, 11) is 7.49. The largest absolute Gasteiger partial charge is 0.497 e. The molecule has 0 aliphatic carbocycles. The summed E-state index contributed by atoms with van der Waals surface area (Å²) in [5, 5.41) is 2.10. The number of H-pyrrole nitrogens is 1. The van der Waals surface area contributed by atoms with E-state index in [0.29, 0.717) is 11.2 Å². The van der Waals surface area contributed by atoms with Gasteiger partial charge in [-0.3, -0.25) is 0 Å². The molecular weight excluding hydrogens is 279 g/mol. The Kier molecular flexibility index (Phi) is 2.36. The number of nitrogens with zero attached hydrogens (tertiary/aromatic N) is 1. The third-order valence-electron chi connectivity index (χ3n) is 2.77. The van der Waals surface area contributed by atoms with E-state index in [4.69, 9.17) is 12.6 Å². The zero-order chi connectivity index (χ0) is 12.0.